The molecule has 2 aliphatic carbocycles. The number of amides is 1. The van der Waals surface area contributed by atoms with Crippen LogP contribution >= 0.6 is 0 Å². The lowest BCUT2D eigenvalue weighted by molar-refractivity contribution is -0.0959. The predicted octanol–water partition coefficient (Wildman–Crippen LogP) is 0.553. The van der Waals surface area contributed by atoms with Crippen molar-refractivity contribution in [3.63, 3.8) is 0 Å². The summed E-state index contributed by atoms with van der Waals surface area (Å²) in [6.07, 6.45) is 4.18. The highest BCUT2D eigenvalue weighted by molar-refractivity contribution is 5.95. The van der Waals surface area contributed by atoms with Crippen LogP contribution in [0.25, 0.3) is 0 Å². The van der Waals surface area contributed by atoms with Gasteiger partial charge in [-0.15, -0.1) is 0 Å². The molecule has 2 saturated carbocycles. The molecule has 0 atom stereocenters. The van der Waals surface area contributed by atoms with Gasteiger partial charge in [0.25, 0.3) is 11.5 Å². The van der Waals surface area contributed by atoms with Gasteiger partial charge in [-0.1, -0.05) is 0 Å². The maximum absolute atomic E-state index is 12.5. The Labute approximate surface area is 122 Å². The van der Waals surface area contributed by atoms with Gasteiger partial charge in [0.2, 0.25) is 0 Å². The molecule has 112 valence electrons. The standard InChI is InChI=1S/C15H19N3O3/c1-8-11(13(19)17-12(16-8)9-2-3-9)14(20)18-6-15(21,7-18)10-4-5-10/h9-10,21H,2-7H2,1H3,(H,16,17,19). The Hall–Kier alpha value is -1.69. The molecule has 0 bridgehead atoms. The third-order valence-corrected chi connectivity index (χ3v) is 4.85. The molecule has 2 N–H and O–H groups in total. The number of H-pyrrole nitrogens is 1. The van der Waals surface area contributed by atoms with Crippen LogP contribution in [-0.2, 0) is 0 Å². The maximum atomic E-state index is 12.5. The number of aliphatic hydroxyl groups is 1. The molecule has 4 rings (SSSR count). The number of aromatic nitrogens is 2. The van der Waals surface area contributed by atoms with Crippen molar-refractivity contribution in [1.29, 1.82) is 0 Å². The van der Waals surface area contributed by atoms with Gasteiger partial charge >= 0.3 is 0 Å². The molecule has 0 aromatic carbocycles. The Morgan fingerprint density at radius 3 is 2.52 bits per heavy atom. The molecule has 1 aromatic rings. The summed E-state index contributed by atoms with van der Waals surface area (Å²) in [5.41, 5.74) is -0.460. The van der Waals surface area contributed by atoms with E-state index in [0.717, 1.165) is 25.7 Å². The van der Waals surface area contributed by atoms with Crippen molar-refractivity contribution >= 4 is 5.91 Å². The van der Waals surface area contributed by atoms with Crippen molar-refractivity contribution in [2.75, 3.05) is 13.1 Å². The van der Waals surface area contributed by atoms with E-state index in [0.29, 0.717) is 36.4 Å². The minimum atomic E-state index is -0.724. The fourth-order valence-electron chi connectivity index (χ4n) is 3.20. The summed E-state index contributed by atoms with van der Waals surface area (Å²) >= 11 is 0. The normalized spacial score (nSPS) is 23.8. The third kappa shape index (κ3) is 2.09. The van der Waals surface area contributed by atoms with Crippen molar-refractivity contribution in [3.05, 3.63) is 27.4 Å². The third-order valence-electron chi connectivity index (χ3n) is 4.85. The lowest BCUT2D eigenvalue weighted by Gasteiger charge is -2.46. The number of carbonyl (C=O) groups is 1. The zero-order chi connectivity index (χ0) is 14.8. The Kier molecular flexibility index (Phi) is 2.58. The quantitative estimate of drug-likeness (QED) is 0.851. The summed E-state index contributed by atoms with van der Waals surface area (Å²) in [7, 11) is 0. The second-order valence-corrected chi connectivity index (χ2v) is 6.72. The highest BCUT2D eigenvalue weighted by Crippen LogP contribution is 2.44. The van der Waals surface area contributed by atoms with Gasteiger partial charge in [0, 0.05) is 5.92 Å². The van der Waals surface area contributed by atoms with E-state index < -0.39 is 5.60 Å². The lowest BCUT2D eigenvalue weighted by Crippen LogP contribution is -2.65. The Balaban J connectivity index is 1.56. The van der Waals surface area contributed by atoms with Gasteiger partial charge in [-0.05, 0) is 38.5 Å². The van der Waals surface area contributed by atoms with Crippen molar-refractivity contribution in [3.8, 4) is 0 Å². The molecule has 3 fully saturated rings. The minimum Gasteiger partial charge on any atom is -0.386 e. The summed E-state index contributed by atoms with van der Waals surface area (Å²) in [4.78, 5) is 33.3. The van der Waals surface area contributed by atoms with E-state index in [1.165, 1.54) is 0 Å². The van der Waals surface area contributed by atoms with Gasteiger partial charge in [0.1, 0.15) is 17.0 Å². The lowest BCUT2D eigenvalue weighted by atomic mass is 9.88. The number of aromatic amines is 1. The van der Waals surface area contributed by atoms with Crippen molar-refractivity contribution in [2.45, 2.75) is 44.1 Å². The molecule has 0 radical (unpaired) electrons. The molecular weight excluding hydrogens is 270 g/mol. The van der Waals surface area contributed by atoms with Gasteiger partial charge in [0.15, 0.2) is 0 Å². The SMILES string of the molecule is Cc1nc(C2CC2)[nH]c(=O)c1C(=O)N1CC(O)(C2CC2)C1. The predicted molar refractivity (Wildman–Crippen MR) is 75.1 cm³/mol. The minimum absolute atomic E-state index is 0.122. The molecule has 2 heterocycles. The van der Waals surface area contributed by atoms with Crippen molar-refractivity contribution in [2.24, 2.45) is 5.92 Å². The first-order valence-corrected chi connectivity index (χ1v) is 7.60. The van der Waals surface area contributed by atoms with E-state index in [1.54, 1.807) is 11.8 Å². The maximum Gasteiger partial charge on any atom is 0.264 e. The van der Waals surface area contributed by atoms with Crippen molar-refractivity contribution < 1.29 is 9.90 Å². The average molecular weight is 289 g/mol. The number of nitrogens with one attached hydrogen (secondary N) is 1. The van der Waals surface area contributed by atoms with E-state index >= 15 is 0 Å². The fourth-order valence-corrected chi connectivity index (χ4v) is 3.20. The molecule has 1 saturated heterocycles. The molecule has 1 aliphatic heterocycles. The number of carbonyl (C=O) groups excluding carboxylic acids is 1. The summed E-state index contributed by atoms with van der Waals surface area (Å²) in [6, 6.07) is 0. The smallest absolute Gasteiger partial charge is 0.264 e. The van der Waals surface area contributed by atoms with Crippen LogP contribution in [0, 0.1) is 12.8 Å². The van der Waals surface area contributed by atoms with Crippen LogP contribution in [0.3, 0.4) is 0 Å². The molecule has 0 unspecified atom stereocenters. The van der Waals surface area contributed by atoms with Crippen LogP contribution in [0.5, 0.6) is 0 Å². The van der Waals surface area contributed by atoms with Crippen LogP contribution in [0.15, 0.2) is 4.79 Å². The monoisotopic (exact) mass is 289 g/mol. The summed E-state index contributed by atoms with van der Waals surface area (Å²) in [5, 5.41) is 10.3. The second-order valence-electron chi connectivity index (χ2n) is 6.72. The number of hydrogen-bond donors (Lipinski definition) is 2. The Morgan fingerprint density at radius 2 is 2.00 bits per heavy atom. The summed E-state index contributed by atoms with van der Waals surface area (Å²) < 4.78 is 0. The molecule has 0 spiro atoms. The Bertz CT molecular complexity index is 667. The van der Waals surface area contributed by atoms with Gasteiger partial charge in [-0.3, -0.25) is 9.59 Å². The van der Waals surface area contributed by atoms with Crippen LogP contribution in [0.4, 0.5) is 0 Å². The summed E-state index contributed by atoms with van der Waals surface area (Å²) in [6.45, 7) is 2.38. The van der Waals surface area contributed by atoms with Crippen LogP contribution in [0.1, 0.15) is 53.5 Å². The highest BCUT2D eigenvalue weighted by atomic mass is 16.3. The molecule has 1 amide bonds. The van der Waals surface area contributed by atoms with E-state index in [2.05, 4.69) is 9.97 Å². The van der Waals surface area contributed by atoms with Gasteiger partial charge in [-0.2, -0.15) is 0 Å². The number of hydrogen-bond acceptors (Lipinski definition) is 4. The van der Waals surface area contributed by atoms with E-state index in [4.69, 9.17) is 0 Å². The van der Waals surface area contributed by atoms with Crippen LogP contribution in [0.2, 0.25) is 0 Å². The van der Waals surface area contributed by atoms with Crippen molar-refractivity contribution in [1.82, 2.24) is 14.9 Å². The van der Waals surface area contributed by atoms with E-state index in [9.17, 15) is 14.7 Å². The first-order valence-electron chi connectivity index (χ1n) is 7.60. The van der Waals surface area contributed by atoms with E-state index in [-0.39, 0.29) is 17.0 Å². The highest BCUT2D eigenvalue weighted by Gasteiger charge is 2.53. The van der Waals surface area contributed by atoms with Gasteiger partial charge < -0.3 is 15.0 Å². The van der Waals surface area contributed by atoms with E-state index in [1.807, 2.05) is 0 Å². The number of nitrogens with zero attached hydrogens (tertiary/aromatic N) is 2. The summed E-state index contributed by atoms with van der Waals surface area (Å²) in [5.74, 6) is 1.07. The number of likely N-dealkylation sites (tertiary alicyclic amines) is 1. The van der Waals surface area contributed by atoms with Gasteiger partial charge in [0.05, 0.1) is 18.8 Å². The molecule has 6 heteroatoms. The number of β-amino-alcohol motifs (C(OH)–C–C–N with tert-alkyl or cyclic N) is 1. The molecule has 21 heavy (non-hydrogen) atoms. The fraction of sp³-hybridized carbons (Fsp3) is 0.667. The zero-order valence-electron chi connectivity index (χ0n) is 12.1. The average Bonchev–Trinajstić information content (AvgIpc) is 3.27. The first kappa shape index (κ1) is 13.0. The Morgan fingerprint density at radius 1 is 1.33 bits per heavy atom. The molecular formula is C15H19N3O3. The van der Waals surface area contributed by atoms with Gasteiger partial charge in [-0.25, -0.2) is 4.98 Å². The van der Waals surface area contributed by atoms with Crippen LogP contribution in [-0.4, -0.2) is 44.6 Å². The number of rotatable bonds is 3. The molecule has 3 aliphatic rings. The largest absolute Gasteiger partial charge is 0.386 e. The topological polar surface area (TPSA) is 86.3 Å². The van der Waals surface area contributed by atoms with Crippen LogP contribution < -0.4 is 5.56 Å². The number of aryl methyl sites for hydroxylation is 1. The second kappa shape index (κ2) is 4.16. The molecule has 6 nitrogen and oxygen atoms in total. The molecule has 1 aromatic heterocycles. The zero-order valence-corrected chi connectivity index (χ0v) is 12.1. The first-order chi connectivity index (χ1) is 9.98.